The van der Waals surface area contributed by atoms with Crippen LogP contribution in [0.5, 0.6) is 0 Å². The molecule has 2 N–H and O–H groups in total. The summed E-state index contributed by atoms with van der Waals surface area (Å²) in [5, 5.41) is 4.25. The summed E-state index contributed by atoms with van der Waals surface area (Å²) >= 11 is 1.70. The zero-order valence-electron chi connectivity index (χ0n) is 13.7. The van der Waals surface area contributed by atoms with Crippen LogP contribution >= 0.6 is 11.3 Å². The van der Waals surface area contributed by atoms with Gasteiger partial charge in [0.05, 0.1) is 0 Å². The summed E-state index contributed by atoms with van der Waals surface area (Å²) in [5.74, 6) is 0. The van der Waals surface area contributed by atoms with Crippen LogP contribution in [0, 0.1) is 0 Å². The highest BCUT2D eigenvalue weighted by Gasteiger charge is 2.27. The number of carbonyl (C=O) groups is 1. The fraction of sp³-hybridized carbons (Fsp3) is 0.688. The van der Waals surface area contributed by atoms with Gasteiger partial charge in [-0.25, -0.2) is 4.79 Å². The van der Waals surface area contributed by atoms with Gasteiger partial charge in [-0.05, 0) is 49.6 Å². The van der Waals surface area contributed by atoms with Crippen molar-refractivity contribution < 1.29 is 9.53 Å². The van der Waals surface area contributed by atoms with Crippen molar-refractivity contribution in [2.24, 2.45) is 5.73 Å². The lowest BCUT2D eigenvalue weighted by atomic mass is 10.1. The number of ether oxygens (including phenoxy) is 1. The second-order valence-corrected chi connectivity index (χ2v) is 7.45. The van der Waals surface area contributed by atoms with Crippen molar-refractivity contribution in [1.82, 2.24) is 9.80 Å². The van der Waals surface area contributed by atoms with Crippen molar-refractivity contribution in [3.63, 3.8) is 0 Å². The van der Waals surface area contributed by atoms with Crippen LogP contribution in [-0.2, 0) is 4.74 Å². The smallest absolute Gasteiger partial charge is 0.410 e. The normalized spacial score (nSPS) is 18.8. The Kier molecular flexibility index (Phi) is 5.83. The number of nitrogens with two attached hydrogens (primary N) is 1. The second kappa shape index (κ2) is 7.44. The predicted octanol–water partition coefficient (Wildman–Crippen LogP) is 2.69. The summed E-state index contributed by atoms with van der Waals surface area (Å²) in [6.45, 7) is 9.52. The standard InChI is InChI=1S/C16H27N3O2S/c1-16(2,3)21-15(20)19-7-4-6-18(8-9-19)14(11-17)13-5-10-22-12-13/h5,10,12,14H,4,6-9,11,17H2,1-3H3. The van der Waals surface area contributed by atoms with Crippen molar-refractivity contribution in [2.45, 2.75) is 38.8 Å². The van der Waals surface area contributed by atoms with Crippen LogP contribution < -0.4 is 5.73 Å². The molecule has 5 nitrogen and oxygen atoms in total. The molecule has 1 aromatic heterocycles. The first-order chi connectivity index (χ1) is 10.4. The molecule has 1 saturated heterocycles. The Bertz CT molecular complexity index is 470. The van der Waals surface area contributed by atoms with Gasteiger partial charge >= 0.3 is 6.09 Å². The number of amides is 1. The van der Waals surface area contributed by atoms with Crippen molar-refractivity contribution in [3.05, 3.63) is 22.4 Å². The third-order valence-electron chi connectivity index (χ3n) is 3.77. The molecule has 6 heteroatoms. The molecule has 2 rings (SSSR count). The van der Waals surface area contributed by atoms with E-state index in [0.29, 0.717) is 13.1 Å². The lowest BCUT2D eigenvalue weighted by Crippen LogP contribution is -2.40. The topological polar surface area (TPSA) is 58.8 Å². The van der Waals surface area contributed by atoms with E-state index in [0.717, 1.165) is 26.1 Å². The van der Waals surface area contributed by atoms with E-state index in [1.54, 1.807) is 11.3 Å². The van der Waals surface area contributed by atoms with Gasteiger partial charge in [-0.15, -0.1) is 0 Å². The highest BCUT2D eigenvalue weighted by atomic mass is 32.1. The van der Waals surface area contributed by atoms with Gasteiger partial charge in [0.2, 0.25) is 0 Å². The fourth-order valence-corrected chi connectivity index (χ4v) is 3.43. The summed E-state index contributed by atoms with van der Waals surface area (Å²) in [5.41, 5.74) is 6.81. The molecular formula is C16H27N3O2S. The molecule has 0 radical (unpaired) electrons. The van der Waals surface area contributed by atoms with E-state index in [1.807, 2.05) is 25.7 Å². The molecule has 0 aliphatic carbocycles. The number of hydrogen-bond acceptors (Lipinski definition) is 5. The van der Waals surface area contributed by atoms with Crippen LogP contribution in [0.4, 0.5) is 4.79 Å². The van der Waals surface area contributed by atoms with Gasteiger partial charge < -0.3 is 15.4 Å². The van der Waals surface area contributed by atoms with E-state index in [2.05, 4.69) is 21.7 Å². The van der Waals surface area contributed by atoms with E-state index < -0.39 is 5.60 Å². The molecule has 1 aromatic rings. The summed E-state index contributed by atoms with van der Waals surface area (Å²) in [6, 6.07) is 2.38. The Labute approximate surface area is 137 Å². The maximum Gasteiger partial charge on any atom is 0.410 e. The Hall–Kier alpha value is -1.11. The molecule has 1 unspecified atom stereocenters. The third-order valence-corrected chi connectivity index (χ3v) is 4.48. The van der Waals surface area contributed by atoms with Crippen LogP contribution in [0.3, 0.4) is 0 Å². The minimum absolute atomic E-state index is 0.214. The van der Waals surface area contributed by atoms with Crippen molar-refractivity contribution in [3.8, 4) is 0 Å². The van der Waals surface area contributed by atoms with Crippen molar-refractivity contribution >= 4 is 17.4 Å². The first kappa shape index (κ1) is 17.2. The molecule has 0 bridgehead atoms. The average Bonchev–Trinajstić information content (AvgIpc) is 2.83. The molecule has 0 aromatic carbocycles. The van der Waals surface area contributed by atoms with E-state index in [9.17, 15) is 4.79 Å². The Morgan fingerprint density at radius 3 is 2.73 bits per heavy atom. The third kappa shape index (κ3) is 4.69. The summed E-state index contributed by atoms with van der Waals surface area (Å²) < 4.78 is 5.47. The predicted molar refractivity (Wildman–Crippen MR) is 90.1 cm³/mol. The Morgan fingerprint density at radius 2 is 2.14 bits per heavy atom. The largest absolute Gasteiger partial charge is 0.444 e. The number of rotatable bonds is 3. The molecular weight excluding hydrogens is 298 g/mol. The minimum atomic E-state index is -0.445. The molecule has 0 spiro atoms. The highest BCUT2D eigenvalue weighted by molar-refractivity contribution is 7.07. The summed E-state index contributed by atoms with van der Waals surface area (Å²) in [4.78, 5) is 16.4. The van der Waals surface area contributed by atoms with Crippen LogP contribution in [0.2, 0.25) is 0 Å². The molecule has 124 valence electrons. The molecule has 2 heterocycles. The van der Waals surface area contributed by atoms with Crippen molar-refractivity contribution in [1.29, 1.82) is 0 Å². The Morgan fingerprint density at radius 1 is 1.36 bits per heavy atom. The fourth-order valence-electron chi connectivity index (χ4n) is 2.72. The maximum absolute atomic E-state index is 12.2. The lowest BCUT2D eigenvalue weighted by Gasteiger charge is -2.29. The quantitative estimate of drug-likeness (QED) is 0.928. The molecule has 1 atom stereocenters. The van der Waals surface area contributed by atoms with E-state index in [4.69, 9.17) is 10.5 Å². The van der Waals surface area contributed by atoms with E-state index in [1.165, 1.54) is 5.56 Å². The monoisotopic (exact) mass is 325 g/mol. The number of thiophene rings is 1. The maximum atomic E-state index is 12.2. The molecule has 22 heavy (non-hydrogen) atoms. The highest BCUT2D eigenvalue weighted by Crippen LogP contribution is 2.23. The van der Waals surface area contributed by atoms with Crippen molar-refractivity contribution in [2.75, 3.05) is 32.7 Å². The molecule has 0 saturated carbocycles. The minimum Gasteiger partial charge on any atom is -0.444 e. The first-order valence-corrected chi connectivity index (χ1v) is 8.79. The molecule has 1 fully saturated rings. The van der Waals surface area contributed by atoms with Gasteiger partial charge in [0, 0.05) is 38.8 Å². The van der Waals surface area contributed by atoms with Gasteiger partial charge in [0.1, 0.15) is 5.60 Å². The second-order valence-electron chi connectivity index (χ2n) is 6.67. The zero-order valence-corrected chi connectivity index (χ0v) is 14.6. The van der Waals surface area contributed by atoms with Gasteiger partial charge in [-0.2, -0.15) is 11.3 Å². The van der Waals surface area contributed by atoms with Crippen LogP contribution in [-0.4, -0.2) is 54.2 Å². The van der Waals surface area contributed by atoms with Gasteiger partial charge in [-0.3, -0.25) is 4.90 Å². The number of carbonyl (C=O) groups excluding carboxylic acids is 1. The number of hydrogen-bond donors (Lipinski definition) is 1. The van der Waals surface area contributed by atoms with Gasteiger partial charge in [-0.1, -0.05) is 0 Å². The van der Waals surface area contributed by atoms with Crippen LogP contribution in [0.1, 0.15) is 38.8 Å². The van der Waals surface area contributed by atoms with Gasteiger partial charge in [0.25, 0.3) is 0 Å². The SMILES string of the molecule is CC(C)(C)OC(=O)N1CCCN(C(CN)c2ccsc2)CC1. The van der Waals surface area contributed by atoms with Crippen LogP contribution in [0.15, 0.2) is 16.8 Å². The van der Waals surface area contributed by atoms with Crippen LogP contribution in [0.25, 0.3) is 0 Å². The van der Waals surface area contributed by atoms with E-state index >= 15 is 0 Å². The Balaban J connectivity index is 1.96. The van der Waals surface area contributed by atoms with E-state index in [-0.39, 0.29) is 12.1 Å². The lowest BCUT2D eigenvalue weighted by molar-refractivity contribution is 0.0255. The first-order valence-electron chi connectivity index (χ1n) is 7.85. The number of nitrogens with zero attached hydrogens (tertiary/aromatic N) is 2. The zero-order chi connectivity index (χ0) is 16.2. The average molecular weight is 325 g/mol. The molecule has 1 amide bonds. The molecule has 1 aliphatic heterocycles. The summed E-state index contributed by atoms with van der Waals surface area (Å²) in [7, 11) is 0. The summed E-state index contributed by atoms with van der Waals surface area (Å²) in [6.07, 6.45) is 0.731. The molecule has 1 aliphatic rings. The van der Waals surface area contributed by atoms with Gasteiger partial charge in [0.15, 0.2) is 0 Å².